The zero-order chi connectivity index (χ0) is 29.0. The van der Waals surface area contributed by atoms with E-state index in [4.69, 9.17) is 4.74 Å². The number of anilines is 1. The second kappa shape index (κ2) is 15.7. The highest BCUT2D eigenvalue weighted by molar-refractivity contribution is 5.90. The second-order valence-electron chi connectivity index (χ2n) is 11.8. The lowest BCUT2D eigenvalue weighted by Gasteiger charge is -2.37. The summed E-state index contributed by atoms with van der Waals surface area (Å²) in [6, 6.07) is 19.7. The number of carbonyl (C=O) groups is 2. The molecule has 3 atom stereocenters. The molecule has 1 aliphatic rings. The number of ether oxygens (including phenoxy) is 1. The second-order valence-corrected chi connectivity index (χ2v) is 11.8. The van der Waals surface area contributed by atoms with Crippen LogP contribution < -0.4 is 16.0 Å². The molecular weight excluding hydrogens is 502 g/mol. The van der Waals surface area contributed by atoms with E-state index in [1.807, 2.05) is 62.1 Å². The van der Waals surface area contributed by atoms with Gasteiger partial charge in [0.25, 0.3) is 0 Å². The summed E-state index contributed by atoms with van der Waals surface area (Å²) < 4.78 is 6.10. The first kappa shape index (κ1) is 31.6. The molecule has 8 heteroatoms. The van der Waals surface area contributed by atoms with Crippen LogP contribution >= 0.6 is 0 Å². The highest BCUT2D eigenvalue weighted by atomic mass is 16.5. The number of para-hydroxylation sites is 1. The van der Waals surface area contributed by atoms with Gasteiger partial charge in [-0.15, -0.1) is 0 Å². The van der Waals surface area contributed by atoms with Crippen molar-refractivity contribution in [2.45, 2.75) is 65.1 Å². The van der Waals surface area contributed by atoms with Gasteiger partial charge in [-0.1, -0.05) is 69.3 Å². The molecule has 1 heterocycles. The Bertz CT molecular complexity index is 1030. The maximum absolute atomic E-state index is 13.9. The minimum Gasteiger partial charge on any atom is -0.383 e. The van der Waals surface area contributed by atoms with E-state index in [9.17, 15) is 9.59 Å². The fourth-order valence-electron chi connectivity index (χ4n) is 4.98. The fraction of sp³-hybridized carbons (Fsp3) is 0.562. The van der Waals surface area contributed by atoms with Crippen molar-refractivity contribution in [2.24, 2.45) is 5.41 Å². The molecule has 1 fully saturated rings. The molecule has 40 heavy (non-hydrogen) atoms. The Morgan fingerprint density at radius 1 is 1.07 bits per heavy atom. The molecule has 0 aromatic heterocycles. The summed E-state index contributed by atoms with van der Waals surface area (Å²) in [4.78, 5) is 30.9. The Morgan fingerprint density at radius 3 is 2.40 bits per heavy atom. The predicted octanol–water partition coefficient (Wildman–Crippen LogP) is 3.75. The SMILES string of the molecule is CN[C@@H](C)C(=O)N[C@H](C(=O)N1CCC[C@H]1CN(CCc1ccccc1)COCCNc1ccccc1)C(C)(C)C. The van der Waals surface area contributed by atoms with Gasteiger partial charge in [0.2, 0.25) is 11.8 Å². The molecule has 220 valence electrons. The summed E-state index contributed by atoms with van der Waals surface area (Å²) in [5, 5.41) is 9.39. The van der Waals surface area contributed by atoms with Crippen LogP contribution in [0.4, 0.5) is 5.69 Å². The van der Waals surface area contributed by atoms with E-state index in [0.29, 0.717) is 19.9 Å². The molecule has 0 saturated carbocycles. The molecule has 1 saturated heterocycles. The molecule has 0 spiro atoms. The highest BCUT2D eigenvalue weighted by Crippen LogP contribution is 2.26. The third-order valence-corrected chi connectivity index (χ3v) is 7.54. The number of hydrogen-bond acceptors (Lipinski definition) is 6. The fourth-order valence-corrected chi connectivity index (χ4v) is 4.98. The summed E-state index contributed by atoms with van der Waals surface area (Å²) in [5.74, 6) is -0.156. The van der Waals surface area contributed by atoms with Crippen molar-refractivity contribution in [3.63, 3.8) is 0 Å². The van der Waals surface area contributed by atoms with E-state index in [0.717, 1.165) is 44.6 Å². The molecule has 2 amide bonds. The van der Waals surface area contributed by atoms with Crippen LogP contribution in [0.15, 0.2) is 60.7 Å². The molecule has 3 rings (SSSR count). The van der Waals surface area contributed by atoms with Crippen LogP contribution in [-0.2, 0) is 20.7 Å². The van der Waals surface area contributed by atoms with Crippen molar-refractivity contribution in [1.29, 1.82) is 0 Å². The van der Waals surface area contributed by atoms with Crippen molar-refractivity contribution in [2.75, 3.05) is 51.9 Å². The lowest BCUT2D eigenvalue weighted by Crippen LogP contribution is -2.59. The number of rotatable bonds is 15. The van der Waals surface area contributed by atoms with Crippen LogP contribution in [0.25, 0.3) is 0 Å². The minimum atomic E-state index is -0.588. The number of benzene rings is 2. The number of hydrogen-bond donors (Lipinski definition) is 3. The van der Waals surface area contributed by atoms with Gasteiger partial charge in [0.15, 0.2) is 0 Å². The smallest absolute Gasteiger partial charge is 0.245 e. The number of likely N-dealkylation sites (N-methyl/N-ethyl adjacent to an activating group) is 1. The first-order chi connectivity index (χ1) is 19.2. The molecule has 2 aromatic carbocycles. The first-order valence-corrected chi connectivity index (χ1v) is 14.6. The Balaban J connectivity index is 1.63. The largest absolute Gasteiger partial charge is 0.383 e. The maximum atomic E-state index is 13.9. The third-order valence-electron chi connectivity index (χ3n) is 7.54. The van der Waals surface area contributed by atoms with Gasteiger partial charge in [-0.2, -0.15) is 0 Å². The average molecular weight is 552 g/mol. The van der Waals surface area contributed by atoms with Gasteiger partial charge in [-0.3, -0.25) is 14.5 Å². The van der Waals surface area contributed by atoms with Gasteiger partial charge < -0.3 is 25.6 Å². The lowest BCUT2D eigenvalue weighted by molar-refractivity contribution is -0.141. The van der Waals surface area contributed by atoms with Gasteiger partial charge in [0.05, 0.1) is 19.4 Å². The minimum absolute atomic E-state index is 0.00245. The van der Waals surface area contributed by atoms with Crippen LogP contribution in [0.2, 0.25) is 0 Å². The van der Waals surface area contributed by atoms with Gasteiger partial charge in [-0.25, -0.2) is 0 Å². The Hall–Kier alpha value is -2.94. The summed E-state index contributed by atoms with van der Waals surface area (Å²) >= 11 is 0. The molecule has 0 radical (unpaired) electrons. The topological polar surface area (TPSA) is 85.9 Å². The van der Waals surface area contributed by atoms with E-state index in [1.165, 1.54) is 5.56 Å². The number of likely N-dealkylation sites (tertiary alicyclic amines) is 1. The highest BCUT2D eigenvalue weighted by Gasteiger charge is 2.40. The Labute approximate surface area is 240 Å². The van der Waals surface area contributed by atoms with Gasteiger partial charge in [0, 0.05) is 37.9 Å². The summed E-state index contributed by atoms with van der Waals surface area (Å²) in [6.45, 7) is 11.9. The number of nitrogens with one attached hydrogen (secondary N) is 3. The van der Waals surface area contributed by atoms with Gasteiger partial charge in [-0.05, 0) is 56.3 Å². The van der Waals surface area contributed by atoms with Crippen molar-refractivity contribution < 1.29 is 14.3 Å². The van der Waals surface area contributed by atoms with E-state index >= 15 is 0 Å². The molecule has 0 unspecified atom stereocenters. The van der Waals surface area contributed by atoms with E-state index < -0.39 is 11.5 Å². The van der Waals surface area contributed by atoms with Crippen molar-refractivity contribution in [3.05, 3.63) is 66.2 Å². The molecule has 1 aliphatic heterocycles. The Kier molecular flexibility index (Phi) is 12.4. The molecule has 0 aliphatic carbocycles. The summed E-state index contributed by atoms with van der Waals surface area (Å²) in [6.07, 6.45) is 2.82. The third kappa shape index (κ3) is 9.91. The summed E-state index contributed by atoms with van der Waals surface area (Å²) in [5.41, 5.74) is 1.96. The average Bonchev–Trinajstić information content (AvgIpc) is 3.42. The van der Waals surface area contributed by atoms with Crippen molar-refractivity contribution in [1.82, 2.24) is 20.4 Å². The monoisotopic (exact) mass is 551 g/mol. The lowest BCUT2D eigenvalue weighted by atomic mass is 9.85. The standard InChI is InChI=1S/C32H49N5O3/c1-25(33-5)30(38)35-29(32(2,3)4)31(39)37-20-12-17-28(37)23-36(21-18-26-13-8-6-9-14-26)24-40-22-19-34-27-15-10-7-11-16-27/h6-11,13-16,25,28-29,33-34H,12,17-24H2,1-5H3,(H,35,38)/t25-,28-,29+/m0/s1. The maximum Gasteiger partial charge on any atom is 0.245 e. The van der Waals surface area contributed by atoms with E-state index in [-0.39, 0.29) is 23.9 Å². The van der Waals surface area contributed by atoms with Crippen LogP contribution in [0.5, 0.6) is 0 Å². The summed E-state index contributed by atoms with van der Waals surface area (Å²) in [7, 11) is 1.75. The van der Waals surface area contributed by atoms with Crippen LogP contribution in [0.3, 0.4) is 0 Å². The number of amides is 2. The van der Waals surface area contributed by atoms with Gasteiger partial charge in [0.1, 0.15) is 6.04 Å². The molecule has 8 nitrogen and oxygen atoms in total. The molecular formula is C32H49N5O3. The molecule has 3 N–H and O–H groups in total. The first-order valence-electron chi connectivity index (χ1n) is 14.6. The van der Waals surface area contributed by atoms with Gasteiger partial charge >= 0.3 is 0 Å². The van der Waals surface area contributed by atoms with Crippen LogP contribution in [0, 0.1) is 5.41 Å². The van der Waals surface area contributed by atoms with Crippen LogP contribution in [0.1, 0.15) is 46.1 Å². The molecule has 0 bridgehead atoms. The molecule has 2 aromatic rings. The van der Waals surface area contributed by atoms with Crippen LogP contribution in [-0.4, -0.2) is 86.3 Å². The predicted molar refractivity (Wildman–Crippen MR) is 162 cm³/mol. The number of nitrogens with zero attached hydrogens (tertiary/aromatic N) is 2. The Morgan fingerprint density at radius 2 is 1.75 bits per heavy atom. The van der Waals surface area contributed by atoms with Crippen molar-refractivity contribution >= 4 is 17.5 Å². The zero-order valence-corrected chi connectivity index (χ0v) is 25.0. The number of carbonyl (C=O) groups excluding carboxylic acids is 2. The van der Waals surface area contributed by atoms with E-state index in [1.54, 1.807) is 14.0 Å². The van der Waals surface area contributed by atoms with E-state index in [2.05, 4.69) is 45.1 Å². The quantitative estimate of drug-likeness (QED) is 0.231. The normalized spacial score (nSPS) is 17.1. The van der Waals surface area contributed by atoms with Crippen molar-refractivity contribution in [3.8, 4) is 0 Å². The zero-order valence-electron chi connectivity index (χ0n) is 25.0.